The summed E-state index contributed by atoms with van der Waals surface area (Å²) < 4.78 is 1.55. The van der Waals surface area contributed by atoms with Crippen LogP contribution in [0.5, 0.6) is 11.8 Å². The number of thioether (sulfide) groups is 1. The first-order chi connectivity index (χ1) is 6.56. The third-order valence-electron chi connectivity index (χ3n) is 2.16. The molecule has 1 heterocycles. The van der Waals surface area contributed by atoms with E-state index in [1.54, 1.807) is 10.6 Å². The Morgan fingerprint density at radius 2 is 2.07 bits per heavy atom. The molecule has 0 radical (unpaired) electrons. The van der Waals surface area contributed by atoms with E-state index in [1.165, 1.54) is 11.8 Å². The molecule has 0 saturated carbocycles. The summed E-state index contributed by atoms with van der Waals surface area (Å²) in [5, 5.41) is 19.3. The molecular formula is C10H17NO2S. The average Bonchev–Trinajstić information content (AvgIpc) is 2.39. The van der Waals surface area contributed by atoms with Gasteiger partial charge in [-0.15, -0.1) is 11.8 Å². The van der Waals surface area contributed by atoms with Gasteiger partial charge >= 0.3 is 0 Å². The lowest BCUT2D eigenvalue weighted by molar-refractivity contribution is 0.351. The maximum Gasteiger partial charge on any atom is 0.207 e. The minimum absolute atomic E-state index is 0.146. The predicted octanol–water partition coefficient (Wildman–Crippen LogP) is 2.67. The maximum atomic E-state index is 9.70. The van der Waals surface area contributed by atoms with E-state index < -0.39 is 0 Å². The van der Waals surface area contributed by atoms with Crippen molar-refractivity contribution in [3.05, 3.63) is 6.07 Å². The molecule has 0 atom stereocenters. The van der Waals surface area contributed by atoms with Crippen LogP contribution >= 0.6 is 11.8 Å². The number of aromatic nitrogens is 1. The predicted molar refractivity (Wildman–Crippen MR) is 59.0 cm³/mol. The normalized spacial score (nSPS) is 11.1. The van der Waals surface area contributed by atoms with Crippen LogP contribution in [0.15, 0.2) is 11.0 Å². The molecule has 0 amide bonds. The maximum absolute atomic E-state index is 9.70. The van der Waals surface area contributed by atoms with Crippen LogP contribution in [0.25, 0.3) is 0 Å². The van der Waals surface area contributed by atoms with Gasteiger partial charge in [-0.05, 0) is 18.6 Å². The molecule has 0 spiro atoms. The summed E-state index contributed by atoms with van der Waals surface area (Å²) in [6.45, 7) is 4.90. The van der Waals surface area contributed by atoms with Crippen LogP contribution in [-0.2, 0) is 6.54 Å². The Kier molecular flexibility index (Phi) is 3.75. The summed E-state index contributed by atoms with van der Waals surface area (Å²) in [5.41, 5.74) is 0. The van der Waals surface area contributed by atoms with Crippen molar-refractivity contribution < 1.29 is 10.2 Å². The quantitative estimate of drug-likeness (QED) is 0.759. The number of hydrogen-bond acceptors (Lipinski definition) is 3. The third kappa shape index (κ3) is 2.38. The first-order valence-corrected chi connectivity index (χ1v) is 5.94. The molecule has 4 heteroatoms. The summed E-state index contributed by atoms with van der Waals surface area (Å²) in [6, 6.07) is 1.60. The zero-order chi connectivity index (χ0) is 10.7. The zero-order valence-electron chi connectivity index (χ0n) is 8.82. The van der Waals surface area contributed by atoms with Gasteiger partial charge in [0.2, 0.25) is 5.88 Å². The number of aromatic hydroxyl groups is 2. The van der Waals surface area contributed by atoms with Gasteiger partial charge in [0.25, 0.3) is 0 Å². The van der Waals surface area contributed by atoms with Gasteiger partial charge in [0, 0.05) is 12.6 Å². The van der Waals surface area contributed by atoms with Gasteiger partial charge in [0.1, 0.15) is 0 Å². The van der Waals surface area contributed by atoms with E-state index in [-0.39, 0.29) is 11.8 Å². The topological polar surface area (TPSA) is 45.4 Å². The highest BCUT2D eigenvalue weighted by Gasteiger charge is 2.12. The van der Waals surface area contributed by atoms with E-state index in [4.69, 9.17) is 0 Å². The number of nitrogens with zero attached hydrogens (tertiary/aromatic N) is 1. The average molecular weight is 215 g/mol. The third-order valence-corrected chi connectivity index (χ3v) is 2.90. The molecule has 0 unspecified atom stereocenters. The van der Waals surface area contributed by atoms with Gasteiger partial charge in [-0.3, -0.25) is 4.57 Å². The lowest BCUT2D eigenvalue weighted by Gasteiger charge is -2.08. The second-order valence-electron chi connectivity index (χ2n) is 3.73. The zero-order valence-corrected chi connectivity index (χ0v) is 9.64. The van der Waals surface area contributed by atoms with Crippen LogP contribution in [0.2, 0.25) is 0 Å². The number of rotatable bonds is 4. The van der Waals surface area contributed by atoms with E-state index in [0.29, 0.717) is 12.5 Å². The van der Waals surface area contributed by atoms with Gasteiger partial charge in [-0.1, -0.05) is 13.8 Å². The molecule has 0 fully saturated rings. The van der Waals surface area contributed by atoms with Crippen LogP contribution in [0, 0.1) is 5.92 Å². The lowest BCUT2D eigenvalue weighted by Crippen LogP contribution is -2.00. The fourth-order valence-corrected chi connectivity index (χ4v) is 1.78. The summed E-state index contributed by atoms with van der Waals surface area (Å²) in [5.74, 6) is 0.886. The molecule has 3 nitrogen and oxygen atoms in total. The molecule has 0 bridgehead atoms. The van der Waals surface area contributed by atoms with Crippen LogP contribution in [0.3, 0.4) is 0 Å². The fraction of sp³-hybridized carbons (Fsp3) is 0.600. The second kappa shape index (κ2) is 4.64. The molecule has 0 saturated heterocycles. The van der Waals surface area contributed by atoms with Crippen LogP contribution in [-0.4, -0.2) is 21.0 Å². The minimum Gasteiger partial charge on any atom is -0.494 e. The highest BCUT2D eigenvalue weighted by atomic mass is 32.2. The molecule has 80 valence electrons. The van der Waals surface area contributed by atoms with Crippen molar-refractivity contribution in [2.45, 2.75) is 31.7 Å². The Hall–Kier alpha value is -0.770. The van der Waals surface area contributed by atoms with Crippen molar-refractivity contribution in [1.29, 1.82) is 0 Å². The first-order valence-electron chi connectivity index (χ1n) is 4.71. The monoisotopic (exact) mass is 215 g/mol. The van der Waals surface area contributed by atoms with Gasteiger partial charge in [-0.2, -0.15) is 0 Å². The molecule has 2 N–H and O–H groups in total. The molecule has 0 aromatic carbocycles. The van der Waals surface area contributed by atoms with E-state index in [1.807, 2.05) is 6.26 Å². The Bertz CT molecular complexity index is 307. The molecule has 0 aliphatic carbocycles. The molecule has 1 rings (SSSR count). The second-order valence-corrected chi connectivity index (χ2v) is 4.58. The van der Waals surface area contributed by atoms with Crippen molar-refractivity contribution in [2.75, 3.05) is 6.26 Å². The summed E-state index contributed by atoms with van der Waals surface area (Å²) >= 11 is 1.43. The van der Waals surface area contributed by atoms with E-state index >= 15 is 0 Å². The lowest BCUT2D eigenvalue weighted by atomic mass is 10.1. The Morgan fingerprint density at radius 1 is 1.43 bits per heavy atom. The van der Waals surface area contributed by atoms with Gasteiger partial charge in [-0.25, -0.2) is 0 Å². The van der Waals surface area contributed by atoms with Crippen LogP contribution in [0.4, 0.5) is 0 Å². The first kappa shape index (κ1) is 11.3. The summed E-state index contributed by atoms with van der Waals surface area (Å²) in [7, 11) is 0. The summed E-state index contributed by atoms with van der Waals surface area (Å²) in [4.78, 5) is 0.728. The van der Waals surface area contributed by atoms with Gasteiger partial charge in [0.05, 0.1) is 4.90 Å². The van der Waals surface area contributed by atoms with Crippen molar-refractivity contribution in [3.8, 4) is 11.8 Å². The van der Waals surface area contributed by atoms with Crippen molar-refractivity contribution >= 4 is 11.8 Å². The minimum atomic E-state index is 0.146. The van der Waals surface area contributed by atoms with Crippen molar-refractivity contribution in [1.82, 2.24) is 4.57 Å². The van der Waals surface area contributed by atoms with Crippen LogP contribution < -0.4 is 0 Å². The van der Waals surface area contributed by atoms with Crippen molar-refractivity contribution in [2.24, 2.45) is 5.92 Å². The van der Waals surface area contributed by atoms with E-state index in [2.05, 4.69) is 13.8 Å². The molecular weight excluding hydrogens is 198 g/mol. The highest BCUT2D eigenvalue weighted by molar-refractivity contribution is 7.98. The standard InChI is InChI=1S/C10H17NO2S/c1-7(2)4-5-11-9(12)6-8(14-3)10(11)13/h6-7,12-13H,4-5H2,1-3H3. The Morgan fingerprint density at radius 3 is 2.50 bits per heavy atom. The van der Waals surface area contributed by atoms with Crippen LogP contribution in [0.1, 0.15) is 20.3 Å². The molecule has 1 aromatic heterocycles. The highest BCUT2D eigenvalue weighted by Crippen LogP contribution is 2.34. The molecule has 1 aromatic rings. The van der Waals surface area contributed by atoms with E-state index in [9.17, 15) is 10.2 Å². The fourth-order valence-electron chi connectivity index (χ4n) is 1.26. The van der Waals surface area contributed by atoms with E-state index in [0.717, 1.165) is 11.3 Å². The Labute approximate surface area is 88.8 Å². The smallest absolute Gasteiger partial charge is 0.207 e. The van der Waals surface area contributed by atoms with Gasteiger partial charge < -0.3 is 10.2 Å². The van der Waals surface area contributed by atoms with Gasteiger partial charge in [0.15, 0.2) is 5.88 Å². The molecule has 0 aliphatic rings. The summed E-state index contributed by atoms with van der Waals surface area (Å²) in [6.07, 6.45) is 2.82. The SMILES string of the molecule is CSc1cc(O)n(CCC(C)C)c1O. The van der Waals surface area contributed by atoms with Crippen molar-refractivity contribution in [3.63, 3.8) is 0 Å². The number of hydrogen-bond donors (Lipinski definition) is 2. The molecule has 0 aliphatic heterocycles. The largest absolute Gasteiger partial charge is 0.494 e. The molecule has 14 heavy (non-hydrogen) atoms. The Balaban J connectivity index is 2.80.